The first-order valence-electron chi connectivity index (χ1n) is 4.91. The fraction of sp³-hybridized carbons (Fsp3) is 0.900. The van der Waals surface area contributed by atoms with Crippen molar-refractivity contribution in [2.75, 3.05) is 20.3 Å². The summed E-state index contributed by atoms with van der Waals surface area (Å²) >= 11 is 3.19. The lowest BCUT2D eigenvalue weighted by molar-refractivity contribution is -0.141. The Morgan fingerprint density at radius 3 is 2.57 bits per heavy atom. The van der Waals surface area contributed by atoms with Crippen LogP contribution in [0, 0.1) is 5.92 Å². The highest BCUT2D eigenvalue weighted by atomic mass is 79.9. The van der Waals surface area contributed by atoms with E-state index in [1.54, 1.807) is 0 Å². The van der Waals surface area contributed by atoms with Crippen molar-refractivity contribution < 1.29 is 14.3 Å². The molecule has 3 nitrogen and oxygen atoms in total. The number of methoxy groups -OCH3 is 1. The zero-order valence-electron chi connectivity index (χ0n) is 9.09. The maximum absolute atomic E-state index is 11.0. The summed E-state index contributed by atoms with van der Waals surface area (Å²) in [5.74, 6) is 0.269. The first-order valence-corrected chi connectivity index (χ1v) is 5.83. The summed E-state index contributed by atoms with van der Waals surface area (Å²) in [5.41, 5.74) is 0. The van der Waals surface area contributed by atoms with Gasteiger partial charge in [-0.05, 0) is 12.3 Å². The van der Waals surface area contributed by atoms with Crippen molar-refractivity contribution in [1.82, 2.24) is 0 Å². The Kier molecular flexibility index (Phi) is 8.18. The van der Waals surface area contributed by atoms with Crippen LogP contribution in [0.5, 0.6) is 0 Å². The Hall–Kier alpha value is -0.0900. The quantitative estimate of drug-likeness (QED) is 0.524. The molecule has 2 unspecified atom stereocenters. The van der Waals surface area contributed by atoms with E-state index in [1.807, 2.05) is 0 Å². The second-order valence-electron chi connectivity index (χ2n) is 3.42. The van der Waals surface area contributed by atoms with Crippen molar-refractivity contribution in [2.24, 2.45) is 5.92 Å². The van der Waals surface area contributed by atoms with Crippen LogP contribution in [0.2, 0.25) is 0 Å². The van der Waals surface area contributed by atoms with Gasteiger partial charge in [-0.15, -0.1) is 0 Å². The highest BCUT2D eigenvalue weighted by molar-refractivity contribution is 9.10. The largest absolute Gasteiger partial charge is 0.468 e. The maximum atomic E-state index is 11.0. The standard InChI is InChI=1S/C10H19BrO3/c1-4-5-8(2)6-14-7-9(11)10(12)13-3/h8-9H,4-7H2,1-3H3. The zero-order valence-corrected chi connectivity index (χ0v) is 10.7. The van der Waals surface area contributed by atoms with Gasteiger partial charge < -0.3 is 9.47 Å². The fourth-order valence-electron chi connectivity index (χ4n) is 1.14. The molecule has 0 N–H and O–H groups in total. The van der Waals surface area contributed by atoms with Gasteiger partial charge in [0, 0.05) is 6.61 Å². The number of carbonyl (C=O) groups is 1. The van der Waals surface area contributed by atoms with Crippen molar-refractivity contribution in [3.63, 3.8) is 0 Å². The normalized spacial score (nSPS) is 14.9. The molecule has 0 amide bonds. The number of esters is 1. The fourth-order valence-corrected chi connectivity index (χ4v) is 1.52. The molecule has 0 bridgehead atoms. The van der Waals surface area contributed by atoms with Gasteiger partial charge in [-0.1, -0.05) is 36.2 Å². The predicted octanol–water partition coefficient (Wildman–Crippen LogP) is 2.38. The number of alkyl halides is 1. The lowest BCUT2D eigenvalue weighted by Crippen LogP contribution is -2.22. The van der Waals surface area contributed by atoms with E-state index in [-0.39, 0.29) is 10.8 Å². The monoisotopic (exact) mass is 266 g/mol. The zero-order chi connectivity index (χ0) is 11.0. The number of carbonyl (C=O) groups excluding carboxylic acids is 1. The van der Waals surface area contributed by atoms with Gasteiger partial charge in [-0.25, -0.2) is 0 Å². The molecule has 0 aliphatic carbocycles. The van der Waals surface area contributed by atoms with Gasteiger partial charge in [0.1, 0.15) is 4.83 Å². The predicted molar refractivity (Wildman–Crippen MR) is 59.6 cm³/mol. The lowest BCUT2D eigenvalue weighted by Gasteiger charge is -2.12. The number of hydrogen-bond acceptors (Lipinski definition) is 3. The van der Waals surface area contributed by atoms with Crippen LogP contribution in [0.3, 0.4) is 0 Å². The summed E-state index contributed by atoms with van der Waals surface area (Å²) in [6.07, 6.45) is 2.32. The van der Waals surface area contributed by atoms with E-state index in [0.29, 0.717) is 19.1 Å². The molecule has 0 aromatic rings. The molecule has 0 radical (unpaired) electrons. The van der Waals surface area contributed by atoms with Crippen molar-refractivity contribution in [3.05, 3.63) is 0 Å². The van der Waals surface area contributed by atoms with Crippen LogP contribution in [0.25, 0.3) is 0 Å². The number of hydrogen-bond donors (Lipinski definition) is 0. The van der Waals surface area contributed by atoms with Crippen LogP contribution < -0.4 is 0 Å². The molecule has 0 heterocycles. The van der Waals surface area contributed by atoms with Gasteiger partial charge in [-0.3, -0.25) is 4.79 Å². The third-order valence-electron chi connectivity index (χ3n) is 1.90. The van der Waals surface area contributed by atoms with Crippen LogP contribution in [0.4, 0.5) is 0 Å². The Morgan fingerprint density at radius 1 is 1.43 bits per heavy atom. The SMILES string of the molecule is CCCC(C)COCC(Br)C(=O)OC. The van der Waals surface area contributed by atoms with Gasteiger partial charge in [0.15, 0.2) is 0 Å². The van der Waals surface area contributed by atoms with Gasteiger partial charge in [0.25, 0.3) is 0 Å². The molecule has 4 heteroatoms. The van der Waals surface area contributed by atoms with Gasteiger partial charge in [0.05, 0.1) is 13.7 Å². The number of ether oxygens (including phenoxy) is 2. The first kappa shape index (κ1) is 13.9. The molecule has 2 atom stereocenters. The maximum Gasteiger partial charge on any atom is 0.321 e. The summed E-state index contributed by atoms with van der Waals surface area (Å²) in [4.78, 5) is 10.6. The topological polar surface area (TPSA) is 35.5 Å². The summed E-state index contributed by atoms with van der Waals surface area (Å²) in [6.45, 7) is 5.37. The second kappa shape index (κ2) is 8.24. The average Bonchev–Trinajstić information content (AvgIpc) is 2.16. The molecular formula is C10H19BrO3. The molecule has 14 heavy (non-hydrogen) atoms. The first-order chi connectivity index (χ1) is 6.61. The van der Waals surface area contributed by atoms with Crippen molar-refractivity contribution in [2.45, 2.75) is 31.5 Å². The van der Waals surface area contributed by atoms with E-state index in [2.05, 4.69) is 34.5 Å². The van der Waals surface area contributed by atoms with Gasteiger partial charge in [0.2, 0.25) is 0 Å². The van der Waals surface area contributed by atoms with Gasteiger partial charge in [-0.2, -0.15) is 0 Å². The summed E-state index contributed by atoms with van der Waals surface area (Å²) in [5, 5.41) is 0. The summed E-state index contributed by atoms with van der Waals surface area (Å²) in [6, 6.07) is 0. The van der Waals surface area contributed by atoms with E-state index in [4.69, 9.17) is 4.74 Å². The van der Waals surface area contributed by atoms with E-state index in [0.717, 1.165) is 6.42 Å². The molecule has 0 spiro atoms. The molecule has 0 aromatic heterocycles. The smallest absolute Gasteiger partial charge is 0.321 e. The van der Waals surface area contributed by atoms with E-state index >= 15 is 0 Å². The molecular weight excluding hydrogens is 248 g/mol. The van der Waals surface area contributed by atoms with Crippen molar-refractivity contribution >= 4 is 21.9 Å². The summed E-state index contributed by atoms with van der Waals surface area (Å²) < 4.78 is 9.94. The second-order valence-corrected chi connectivity index (χ2v) is 4.53. The van der Waals surface area contributed by atoms with Crippen molar-refractivity contribution in [1.29, 1.82) is 0 Å². The van der Waals surface area contributed by atoms with E-state index < -0.39 is 0 Å². The third kappa shape index (κ3) is 6.38. The third-order valence-corrected chi connectivity index (χ3v) is 2.54. The van der Waals surface area contributed by atoms with E-state index in [1.165, 1.54) is 13.5 Å². The van der Waals surface area contributed by atoms with E-state index in [9.17, 15) is 4.79 Å². The number of rotatable bonds is 7. The van der Waals surface area contributed by atoms with Crippen LogP contribution in [0.15, 0.2) is 0 Å². The van der Waals surface area contributed by atoms with Crippen molar-refractivity contribution in [3.8, 4) is 0 Å². The molecule has 0 aliphatic heterocycles. The van der Waals surface area contributed by atoms with Crippen LogP contribution >= 0.6 is 15.9 Å². The van der Waals surface area contributed by atoms with Crippen LogP contribution in [-0.4, -0.2) is 31.1 Å². The highest BCUT2D eigenvalue weighted by Gasteiger charge is 2.15. The minimum Gasteiger partial charge on any atom is -0.468 e. The Morgan fingerprint density at radius 2 is 2.07 bits per heavy atom. The molecule has 84 valence electrons. The average molecular weight is 267 g/mol. The Balaban J connectivity index is 3.48. The molecule has 0 saturated heterocycles. The molecule has 0 saturated carbocycles. The van der Waals surface area contributed by atoms with Crippen LogP contribution in [-0.2, 0) is 14.3 Å². The molecule has 0 aromatic carbocycles. The number of halogens is 1. The lowest BCUT2D eigenvalue weighted by atomic mass is 10.1. The Bertz CT molecular complexity index is 161. The summed E-state index contributed by atoms with van der Waals surface area (Å²) in [7, 11) is 1.37. The molecule has 0 rings (SSSR count). The minimum atomic E-state index is -0.346. The minimum absolute atomic E-state index is 0.284. The van der Waals surface area contributed by atoms with Crippen LogP contribution in [0.1, 0.15) is 26.7 Å². The van der Waals surface area contributed by atoms with Gasteiger partial charge >= 0.3 is 5.97 Å². The molecule has 0 fully saturated rings. The highest BCUT2D eigenvalue weighted by Crippen LogP contribution is 2.07. The Labute approximate surface area is 94.3 Å². The molecule has 0 aliphatic rings.